The second kappa shape index (κ2) is 2.90. The minimum absolute atomic E-state index is 0.0433. The van der Waals surface area contributed by atoms with Crippen LogP contribution in [0.1, 0.15) is 17.2 Å². The molecule has 1 aliphatic heterocycles. The third-order valence-electron chi connectivity index (χ3n) is 2.28. The van der Waals surface area contributed by atoms with E-state index < -0.39 is 6.10 Å². The quantitative estimate of drug-likeness (QED) is 0.432. The number of phenolic OH excluding ortho intramolecular Hbond substituents is 2. The van der Waals surface area contributed by atoms with Crippen LogP contribution >= 0.6 is 0 Å². The van der Waals surface area contributed by atoms with Crippen LogP contribution in [0.2, 0.25) is 0 Å². The Hall–Kier alpha value is -1.26. The largest absolute Gasteiger partial charge is 0.508 e. The van der Waals surface area contributed by atoms with Crippen molar-refractivity contribution >= 4 is 0 Å². The molecule has 0 bridgehead atoms. The predicted molar refractivity (Wildman–Crippen MR) is 46.4 cm³/mol. The minimum Gasteiger partial charge on any atom is -0.508 e. The number of benzene rings is 1. The van der Waals surface area contributed by atoms with E-state index in [1.165, 1.54) is 12.1 Å². The molecule has 0 spiro atoms. The average Bonchev–Trinajstić information content (AvgIpc) is 2.12. The van der Waals surface area contributed by atoms with Crippen molar-refractivity contribution in [2.75, 3.05) is 6.54 Å². The number of nitrogens with one attached hydrogen (secondary N) is 1. The smallest absolute Gasteiger partial charge is 0.122 e. The molecule has 0 amide bonds. The summed E-state index contributed by atoms with van der Waals surface area (Å²) in [5, 5.41) is 31.4. The van der Waals surface area contributed by atoms with Gasteiger partial charge in [-0.15, -0.1) is 0 Å². The summed E-state index contributed by atoms with van der Waals surface area (Å²) in [4.78, 5) is 0. The molecule has 2 rings (SSSR count). The third kappa shape index (κ3) is 1.24. The highest BCUT2D eigenvalue weighted by Crippen LogP contribution is 2.35. The van der Waals surface area contributed by atoms with E-state index in [2.05, 4.69) is 5.32 Å². The fourth-order valence-corrected chi connectivity index (χ4v) is 1.63. The topological polar surface area (TPSA) is 72.7 Å². The zero-order chi connectivity index (χ0) is 9.42. The van der Waals surface area contributed by atoms with Crippen molar-refractivity contribution in [1.29, 1.82) is 0 Å². The van der Waals surface area contributed by atoms with Crippen LogP contribution in [0.5, 0.6) is 11.5 Å². The summed E-state index contributed by atoms with van der Waals surface area (Å²) in [7, 11) is 0. The first kappa shape index (κ1) is 8.34. The lowest BCUT2D eigenvalue weighted by Crippen LogP contribution is -2.28. The molecule has 70 valence electrons. The molecule has 0 unspecified atom stereocenters. The number of hydrogen-bond acceptors (Lipinski definition) is 4. The first-order chi connectivity index (χ1) is 6.20. The molecule has 1 atom stereocenters. The molecule has 0 fully saturated rings. The number of β-amino-alcohol motifs (C(OH)–C–C–N with tert-alkyl or cyclic N) is 1. The molecule has 0 radical (unpaired) electrons. The Morgan fingerprint density at radius 3 is 2.62 bits per heavy atom. The number of aliphatic hydroxyl groups excluding tert-OH is 1. The zero-order valence-corrected chi connectivity index (χ0v) is 6.99. The van der Waals surface area contributed by atoms with E-state index in [1.807, 2.05) is 0 Å². The second-order valence-electron chi connectivity index (χ2n) is 3.14. The Morgan fingerprint density at radius 1 is 1.23 bits per heavy atom. The standard InChI is InChI=1S/C9H11NO3/c11-6-1-2-7(12)9-5(6)3-10-4-8(9)13/h1-2,8,10-13H,3-4H2/t8-/m1/s1. The van der Waals surface area contributed by atoms with Crippen LogP contribution in [0.3, 0.4) is 0 Å². The Kier molecular flexibility index (Phi) is 1.86. The summed E-state index contributed by atoms with van der Waals surface area (Å²) in [6.07, 6.45) is -0.740. The van der Waals surface area contributed by atoms with E-state index in [-0.39, 0.29) is 11.5 Å². The van der Waals surface area contributed by atoms with Crippen LogP contribution in [0, 0.1) is 0 Å². The van der Waals surface area contributed by atoms with E-state index >= 15 is 0 Å². The van der Waals surface area contributed by atoms with Gasteiger partial charge in [0.25, 0.3) is 0 Å². The monoisotopic (exact) mass is 181 g/mol. The fraction of sp³-hybridized carbons (Fsp3) is 0.333. The molecule has 1 aromatic rings. The molecular weight excluding hydrogens is 170 g/mol. The maximum absolute atomic E-state index is 9.53. The Balaban J connectivity index is 2.60. The van der Waals surface area contributed by atoms with Gasteiger partial charge in [0.05, 0.1) is 6.10 Å². The molecule has 0 saturated heterocycles. The molecule has 1 heterocycles. The first-order valence-electron chi connectivity index (χ1n) is 4.12. The van der Waals surface area contributed by atoms with Gasteiger partial charge in [-0.1, -0.05) is 0 Å². The molecule has 13 heavy (non-hydrogen) atoms. The van der Waals surface area contributed by atoms with Gasteiger partial charge in [0.15, 0.2) is 0 Å². The molecule has 0 aromatic heterocycles. The maximum atomic E-state index is 9.53. The highest BCUT2D eigenvalue weighted by atomic mass is 16.3. The van der Waals surface area contributed by atoms with Crippen molar-refractivity contribution in [3.05, 3.63) is 23.3 Å². The van der Waals surface area contributed by atoms with Crippen molar-refractivity contribution in [3.63, 3.8) is 0 Å². The molecule has 4 N–H and O–H groups in total. The van der Waals surface area contributed by atoms with Crippen molar-refractivity contribution in [1.82, 2.24) is 5.32 Å². The molecule has 1 aromatic carbocycles. The number of phenols is 2. The highest BCUT2D eigenvalue weighted by molar-refractivity contribution is 5.49. The number of fused-ring (bicyclic) bond motifs is 1. The third-order valence-corrected chi connectivity index (χ3v) is 2.28. The lowest BCUT2D eigenvalue weighted by atomic mass is 9.97. The van der Waals surface area contributed by atoms with E-state index in [9.17, 15) is 15.3 Å². The normalized spacial score (nSPS) is 21.2. The van der Waals surface area contributed by atoms with Gasteiger partial charge in [0, 0.05) is 24.2 Å². The van der Waals surface area contributed by atoms with Gasteiger partial charge in [-0.05, 0) is 12.1 Å². The Labute approximate surface area is 75.5 Å². The molecule has 1 aliphatic rings. The van der Waals surface area contributed by atoms with E-state index in [0.717, 1.165) is 0 Å². The minimum atomic E-state index is -0.740. The lowest BCUT2D eigenvalue weighted by molar-refractivity contribution is 0.160. The molecule has 0 saturated carbocycles. The van der Waals surface area contributed by atoms with Gasteiger partial charge in [-0.3, -0.25) is 0 Å². The Bertz CT molecular complexity index is 338. The van der Waals surface area contributed by atoms with Gasteiger partial charge in [0.1, 0.15) is 11.5 Å². The van der Waals surface area contributed by atoms with E-state index in [0.29, 0.717) is 24.2 Å². The molecule has 4 heteroatoms. The summed E-state index contributed by atoms with van der Waals surface area (Å²) in [6.45, 7) is 0.886. The fourth-order valence-electron chi connectivity index (χ4n) is 1.63. The van der Waals surface area contributed by atoms with E-state index in [4.69, 9.17) is 0 Å². The summed E-state index contributed by atoms with van der Waals surface area (Å²) in [5.74, 6) is 0.154. The van der Waals surface area contributed by atoms with Gasteiger partial charge >= 0.3 is 0 Å². The number of aromatic hydroxyl groups is 2. The van der Waals surface area contributed by atoms with Crippen molar-refractivity contribution < 1.29 is 15.3 Å². The zero-order valence-electron chi connectivity index (χ0n) is 6.99. The highest BCUT2D eigenvalue weighted by Gasteiger charge is 2.23. The number of rotatable bonds is 0. The van der Waals surface area contributed by atoms with Crippen molar-refractivity contribution in [2.24, 2.45) is 0 Å². The summed E-state index contributed by atoms with van der Waals surface area (Å²) >= 11 is 0. The van der Waals surface area contributed by atoms with E-state index in [1.54, 1.807) is 0 Å². The van der Waals surface area contributed by atoms with Crippen LogP contribution in [0.25, 0.3) is 0 Å². The van der Waals surface area contributed by atoms with Crippen molar-refractivity contribution in [2.45, 2.75) is 12.6 Å². The molecular formula is C9H11NO3. The van der Waals surface area contributed by atoms with Crippen LogP contribution in [-0.2, 0) is 6.54 Å². The van der Waals surface area contributed by atoms with Crippen molar-refractivity contribution in [3.8, 4) is 11.5 Å². The maximum Gasteiger partial charge on any atom is 0.122 e. The average molecular weight is 181 g/mol. The van der Waals surface area contributed by atoms with Crippen LogP contribution < -0.4 is 5.32 Å². The second-order valence-corrected chi connectivity index (χ2v) is 3.14. The summed E-state index contributed by atoms with van der Waals surface area (Å²) in [5.41, 5.74) is 1.03. The lowest BCUT2D eigenvalue weighted by Gasteiger charge is -2.23. The van der Waals surface area contributed by atoms with Gasteiger partial charge in [-0.2, -0.15) is 0 Å². The predicted octanol–water partition coefficient (Wildman–Crippen LogP) is 0.234. The van der Waals surface area contributed by atoms with Gasteiger partial charge in [-0.25, -0.2) is 0 Å². The molecule has 4 nitrogen and oxygen atoms in total. The van der Waals surface area contributed by atoms with Crippen LogP contribution in [0.4, 0.5) is 0 Å². The number of aliphatic hydroxyl groups is 1. The van der Waals surface area contributed by atoms with Crippen LogP contribution in [-0.4, -0.2) is 21.9 Å². The number of hydrogen-bond donors (Lipinski definition) is 4. The summed E-state index contributed by atoms with van der Waals surface area (Å²) in [6, 6.07) is 2.82. The Morgan fingerprint density at radius 2 is 1.92 bits per heavy atom. The van der Waals surface area contributed by atoms with Gasteiger partial charge in [0.2, 0.25) is 0 Å². The van der Waals surface area contributed by atoms with Crippen LogP contribution in [0.15, 0.2) is 12.1 Å². The summed E-state index contributed by atoms with van der Waals surface area (Å²) < 4.78 is 0. The molecule has 0 aliphatic carbocycles. The SMILES string of the molecule is Oc1ccc(O)c2c1CNC[C@H]2O. The van der Waals surface area contributed by atoms with Gasteiger partial charge < -0.3 is 20.6 Å². The first-order valence-corrected chi connectivity index (χ1v) is 4.12.